The summed E-state index contributed by atoms with van der Waals surface area (Å²) in [5.74, 6) is -0.201. The molecule has 0 aliphatic rings. The molecule has 11 heavy (non-hydrogen) atoms. The summed E-state index contributed by atoms with van der Waals surface area (Å²) >= 11 is 1.35. The molecule has 0 aromatic heterocycles. The van der Waals surface area contributed by atoms with Crippen molar-refractivity contribution in [2.45, 2.75) is 11.4 Å². The Labute approximate surface area is 78.0 Å². The molecule has 0 fully saturated rings. The summed E-state index contributed by atoms with van der Waals surface area (Å²) in [5, 5.41) is -4.60. The Bertz CT molecular complexity index is 122. The fraction of sp³-hybridized carbons (Fsp3) is 1.00. The van der Waals surface area contributed by atoms with Crippen molar-refractivity contribution in [1.29, 1.82) is 0 Å². The van der Waals surface area contributed by atoms with E-state index >= 15 is 0 Å². The predicted octanol–water partition coefficient (Wildman–Crippen LogP) is 3.31. The van der Waals surface area contributed by atoms with Gasteiger partial charge in [0.05, 0.1) is 0 Å². The molecule has 68 valence electrons. The fourth-order valence-electron chi connectivity index (χ4n) is 0.249. The third kappa shape index (κ3) is 3.77. The zero-order valence-corrected chi connectivity index (χ0v) is 8.06. The maximum Gasteiger partial charge on any atom is 0.464 e. The average molecular weight is 306 g/mol. The molecule has 0 nitrogen and oxygen atoms in total. The minimum absolute atomic E-state index is 0.201. The smallest absolute Gasteiger partial charge is 0.184 e. The van der Waals surface area contributed by atoms with Crippen molar-refractivity contribution in [2.75, 3.05) is 10.2 Å². The molecular formula is C4H4F5IS. The molecule has 0 saturated heterocycles. The first-order valence-corrected chi connectivity index (χ1v) is 4.97. The number of halogens is 6. The van der Waals surface area contributed by atoms with E-state index in [1.54, 1.807) is 22.6 Å². The van der Waals surface area contributed by atoms with E-state index in [2.05, 4.69) is 0 Å². The van der Waals surface area contributed by atoms with Gasteiger partial charge >= 0.3 is 11.4 Å². The van der Waals surface area contributed by atoms with E-state index in [0.717, 1.165) is 0 Å². The molecule has 0 atom stereocenters. The van der Waals surface area contributed by atoms with E-state index < -0.39 is 11.4 Å². The van der Waals surface area contributed by atoms with Gasteiger partial charge in [0, 0.05) is 10.2 Å². The van der Waals surface area contributed by atoms with Gasteiger partial charge in [-0.05, 0) is 0 Å². The Hall–Kier alpha value is 0.730. The molecular weight excluding hydrogens is 302 g/mol. The number of thioether (sulfide) groups is 1. The normalized spacial score (nSPS) is 13.6. The highest BCUT2D eigenvalue weighted by molar-refractivity contribution is 14.1. The Morgan fingerprint density at radius 3 is 1.82 bits per heavy atom. The Kier molecular flexibility index (Phi) is 4.38. The molecule has 0 amide bonds. The number of hydrogen-bond donors (Lipinski definition) is 0. The molecule has 0 spiro atoms. The van der Waals surface area contributed by atoms with Gasteiger partial charge in [-0.15, -0.1) is 0 Å². The quantitative estimate of drug-likeness (QED) is 0.438. The second-order valence-electron chi connectivity index (χ2n) is 1.55. The highest BCUT2D eigenvalue weighted by Crippen LogP contribution is 2.43. The first-order chi connectivity index (χ1) is 4.81. The summed E-state index contributed by atoms with van der Waals surface area (Å²) < 4.78 is 58.3. The molecule has 7 heteroatoms. The van der Waals surface area contributed by atoms with E-state index in [1.165, 1.54) is 0 Å². The lowest BCUT2D eigenvalue weighted by Gasteiger charge is -2.17. The van der Waals surface area contributed by atoms with Crippen LogP contribution in [0.5, 0.6) is 0 Å². The van der Waals surface area contributed by atoms with E-state index in [4.69, 9.17) is 0 Å². The zero-order chi connectivity index (χ0) is 9.12. The molecule has 0 unspecified atom stereocenters. The first kappa shape index (κ1) is 11.7. The van der Waals surface area contributed by atoms with Crippen molar-refractivity contribution in [3.05, 3.63) is 0 Å². The lowest BCUT2D eigenvalue weighted by molar-refractivity contribution is -0.237. The molecule has 0 aliphatic heterocycles. The van der Waals surface area contributed by atoms with Crippen LogP contribution in [0.3, 0.4) is 0 Å². The van der Waals surface area contributed by atoms with Crippen molar-refractivity contribution in [1.82, 2.24) is 0 Å². The minimum Gasteiger partial charge on any atom is -0.184 e. The van der Waals surface area contributed by atoms with E-state index in [9.17, 15) is 22.0 Å². The van der Waals surface area contributed by atoms with Crippen molar-refractivity contribution in [3.8, 4) is 0 Å². The van der Waals surface area contributed by atoms with Gasteiger partial charge in [-0.3, -0.25) is 0 Å². The summed E-state index contributed by atoms with van der Waals surface area (Å²) in [6.07, 6.45) is -5.43. The molecule has 0 aromatic rings. The highest BCUT2D eigenvalue weighted by atomic mass is 127. The molecule has 0 bridgehead atoms. The summed E-state index contributed by atoms with van der Waals surface area (Å²) in [7, 11) is 0. The van der Waals surface area contributed by atoms with E-state index in [0.29, 0.717) is 0 Å². The van der Waals surface area contributed by atoms with Crippen LogP contribution in [0.25, 0.3) is 0 Å². The Morgan fingerprint density at radius 2 is 1.55 bits per heavy atom. The van der Waals surface area contributed by atoms with Gasteiger partial charge in [0.15, 0.2) is 0 Å². The van der Waals surface area contributed by atoms with Crippen LogP contribution in [0.15, 0.2) is 0 Å². The molecule has 0 rings (SSSR count). The average Bonchev–Trinajstić information content (AvgIpc) is 1.81. The van der Waals surface area contributed by atoms with Gasteiger partial charge in [-0.2, -0.15) is 22.0 Å². The standard InChI is InChI=1S/C4H4F5IS/c5-3(6,7)4(8,9)11-2-1-10/h1-2H2. The van der Waals surface area contributed by atoms with Crippen molar-refractivity contribution in [3.63, 3.8) is 0 Å². The van der Waals surface area contributed by atoms with Gasteiger partial charge in [0.25, 0.3) is 0 Å². The van der Waals surface area contributed by atoms with Crippen LogP contribution in [0.4, 0.5) is 22.0 Å². The van der Waals surface area contributed by atoms with Gasteiger partial charge < -0.3 is 0 Å². The SMILES string of the molecule is FC(F)(F)C(F)(F)SCCI. The predicted molar refractivity (Wildman–Crippen MR) is 42.3 cm³/mol. The molecule has 0 aromatic carbocycles. The third-order valence-corrected chi connectivity index (χ3v) is 2.96. The largest absolute Gasteiger partial charge is 0.464 e. The van der Waals surface area contributed by atoms with Crippen LogP contribution in [0, 0.1) is 0 Å². The van der Waals surface area contributed by atoms with Crippen LogP contribution >= 0.6 is 34.4 Å². The topological polar surface area (TPSA) is 0 Å². The number of alkyl halides is 6. The van der Waals surface area contributed by atoms with Gasteiger partial charge in [0.1, 0.15) is 0 Å². The summed E-state index contributed by atoms with van der Waals surface area (Å²) in [4.78, 5) is 0. The summed E-state index contributed by atoms with van der Waals surface area (Å²) in [6, 6.07) is 0. The summed E-state index contributed by atoms with van der Waals surface area (Å²) in [6.45, 7) is 0. The van der Waals surface area contributed by atoms with Crippen molar-refractivity contribution in [2.24, 2.45) is 0 Å². The maximum absolute atomic E-state index is 12.0. The Balaban J connectivity index is 4.00. The van der Waals surface area contributed by atoms with Crippen LogP contribution in [-0.2, 0) is 0 Å². The fourth-order valence-corrected chi connectivity index (χ4v) is 1.41. The van der Waals surface area contributed by atoms with E-state index in [-0.39, 0.29) is 21.9 Å². The lowest BCUT2D eigenvalue weighted by atomic mass is 10.7. The molecule has 0 heterocycles. The maximum atomic E-state index is 12.0. The summed E-state index contributed by atoms with van der Waals surface area (Å²) in [5.41, 5.74) is 0. The molecule has 0 saturated carbocycles. The van der Waals surface area contributed by atoms with Gasteiger partial charge in [-0.25, -0.2) is 0 Å². The number of hydrogen-bond acceptors (Lipinski definition) is 1. The van der Waals surface area contributed by atoms with Crippen LogP contribution in [-0.4, -0.2) is 21.6 Å². The highest BCUT2D eigenvalue weighted by Gasteiger charge is 2.57. The van der Waals surface area contributed by atoms with Crippen LogP contribution < -0.4 is 0 Å². The number of rotatable bonds is 3. The van der Waals surface area contributed by atoms with Crippen molar-refractivity contribution >= 4 is 34.4 Å². The third-order valence-electron chi connectivity index (χ3n) is 0.691. The molecule has 0 radical (unpaired) electrons. The van der Waals surface area contributed by atoms with Crippen molar-refractivity contribution < 1.29 is 22.0 Å². The van der Waals surface area contributed by atoms with Gasteiger partial charge in [-0.1, -0.05) is 34.4 Å². The lowest BCUT2D eigenvalue weighted by Crippen LogP contribution is -2.33. The van der Waals surface area contributed by atoms with E-state index in [1.807, 2.05) is 0 Å². The Morgan fingerprint density at radius 1 is 1.09 bits per heavy atom. The van der Waals surface area contributed by atoms with Crippen LogP contribution in [0.2, 0.25) is 0 Å². The second kappa shape index (κ2) is 4.11. The molecule has 0 N–H and O–H groups in total. The zero-order valence-electron chi connectivity index (χ0n) is 5.09. The first-order valence-electron chi connectivity index (χ1n) is 2.45. The van der Waals surface area contributed by atoms with Crippen LogP contribution in [0.1, 0.15) is 0 Å². The monoisotopic (exact) mass is 306 g/mol. The van der Waals surface area contributed by atoms with Gasteiger partial charge in [0.2, 0.25) is 0 Å². The molecule has 0 aliphatic carbocycles. The minimum atomic E-state index is -5.43. The second-order valence-corrected chi connectivity index (χ2v) is 3.84.